The normalized spacial score (nSPS) is 11.6. The Bertz CT molecular complexity index is 578. The Morgan fingerprint density at radius 1 is 1.26 bits per heavy atom. The lowest BCUT2D eigenvalue weighted by atomic mass is 10.1. The first-order valence-corrected chi connectivity index (χ1v) is 7.19. The predicted molar refractivity (Wildman–Crippen MR) is 75.5 cm³/mol. The van der Waals surface area contributed by atoms with E-state index in [2.05, 4.69) is 21.2 Å². The fourth-order valence-electron chi connectivity index (χ4n) is 1.67. The number of halogens is 4. The Hall–Kier alpha value is -1.01. The molecule has 0 radical (unpaired) electrons. The van der Waals surface area contributed by atoms with Crippen LogP contribution in [0.4, 0.5) is 18.9 Å². The highest BCUT2D eigenvalue weighted by Gasteiger charge is 2.33. The van der Waals surface area contributed by atoms with Gasteiger partial charge < -0.3 is 5.32 Å². The minimum Gasteiger partial charge on any atom is -0.380 e. The molecule has 1 nitrogen and oxygen atoms in total. The fraction of sp³-hybridized carbons (Fsp3) is 0.231. The number of anilines is 1. The first kappa shape index (κ1) is 14.4. The monoisotopic (exact) mass is 349 g/mol. The predicted octanol–water partition coefficient (Wildman–Crippen LogP) is 5.45. The van der Waals surface area contributed by atoms with Crippen LogP contribution in [-0.2, 0) is 12.7 Å². The Morgan fingerprint density at radius 3 is 2.58 bits per heavy atom. The third kappa shape index (κ3) is 3.51. The zero-order valence-corrected chi connectivity index (χ0v) is 12.4. The van der Waals surface area contributed by atoms with Crippen molar-refractivity contribution in [2.45, 2.75) is 19.6 Å². The van der Waals surface area contributed by atoms with Gasteiger partial charge in [0.25, 0.3) is 0 Å². The van der Waals surface area contributed by atoms with Crippen LogP contribution in [0.2, 0.25) is 0 Å². The maximum absolute atomic E-state index is 12.9. The molecule has 102 valence electrons. The first-order valence-electron chi connectivity index (χ1n) is 5.51. The molecule has 0 bridgehead atoms. The molecule has 2 aromatic rings. The van der Waals surface area contributed by atoms with Crippen LogP contribution in [0.3, 0.4) is 0 Å². The largest absolute Gasteiger partial charge is 0.418 e. The minimum atomic E-state index is -4.36. The number of nitrogens with one attached hydrogen (secondary N) is 1. The van der Waals surface area contributed by atoms with E-state index >= 15 is 0 Å². The number of thiophene rings is 1. The lowest BCUT2D eigenvalue weighted by Gasteiger charge is -2.14. The molecule has 1 N–H and O–H groups in total. The Kier molecular flexibility index (Phi) is 4.20. The summed E-state index contributed by atoms with van der Waals surface area (Å²) in [6.07, 6.45) is -4.36. The van der Waals surface area contributed by atoms with Crippen molar-refractivity contribution < 1.29 is 13.2 Å². The molecule has 2 rings (SSSR count). The maximum atomic E-state index is 12.9. The van der Waals surface area contributed by atoms with E-state index in [1.165, 1.54) is 17.4 Å². The van der Waals surface area contributed by atoms with Crippen molar-refractivity contribution in [1.29, 1.82) is 0 Å². The van der Waals surface area contributed by atoms with Gasteiger partial charge in [-0.3, -0.25) is 0 Å². The van der Waals surface area contributed by atoms with Gasteiger partial charge in [0.1, 0.15) is 0 Å². The van der Waals surface area contributed by atoms with Crippen molar-refractivity contribution in [3.05, 3.63) is 50.1 Å². The van der Waals surface area contributed by atoms with Gasteiger partial charge in [-0.2, -0.15) is 13.2 Å². The van der Waals surface area contributed by atoms with E-state index < -0.39 is 11.7 Å². The lowest BCUT2D eigenvalue weighted by Crippen LogP contribution is -2.10. The number of alkyl halides is 3. The van der Waals surface area contributed by atoms with Gasteiger partial charge in [0.05, 0.1) is 5.56 Å². The van der Waals surface area contributed by atoms with Crippen molar-refractivity contribution in [3.8, 4) is 0 Å². The SMILES string of the molecule is Cc1ccsc1CNc1ccc(Br)cc1C(F)(F)F. The van der Waals surface area contributed by atoms with E-state index in [0.717, 1.165) is 16.5 Å². The molecular weight excluding hydrogens is 339 g/mol. The number of hydrogen-bond donors (Lipinski definition) is 1. The summed E-state index contributed by atoms with van der Waals surface area (Å²) in [4.78, 5) is 1.04. The zero-order chi connectivity index (χ0) is 14.0. The van der Waals surface area contributed by atoms with E-state index in [-0.39, 0.29) is 5.69 Å². The maximum Gasteiger partial charge on any atom is 0.418 e. The van der Waals surface area contributed by atoms with E-state index in [4.69, 9.17) is 0 Å². The number of benzene rings is 1. The minimum absolute atomic E-state index is 0.100. The topological polar surface area (TPSA) is 12.0 Å². The summed E-state index contributed by atoms with van der Waals surface area (Å²) < 4.78 is 39.2. The molecule has 0 saturated carbocycles. The molecule has 1 aromatic carbocycles. The van der Waals surface area contributed by atoms with Crippen molar-refractivity contribution in [3.63, 3.8) is 0 Å². The van der Waals surface area contributed by atoms with Crippen LogP contribution in [0.1, 0.15) is 16.0 Å². The Morgan fingerprint density at radius 2 is 2.00 bits per heavy atom. The zero-order valence-electron chi connectivity index (χ0n) is 10.0. The molecule has 0 aliphatic rings. The van der Waals surface area contributed by atoms with E-state index in [9.17, 15) is 13.2 Å². The number of rotatable bonds is 3. The summed E-state index contributed by atoms with van der Waals surface area (Å²) in [7, 11) is 0. The van der Waals surface area contributed by atoms with Gasteiger partial charge in [0.15, 0.2) is 0 Å². The van der Waals surface area contributed by atoms with Gasteiger partial charge in [-0.15, -0.1) is 11.3 Å². The van der Waals surface area contributed by atoms with Gasteiger partial charge in [-0.25, -0.2) is 0 Å². The molecule has 1 heterocycles. The Balaban J connectivity index is 2.23. The summed E-state index contributed by atoms with van der Waals surface area (Å²) in [6, 6.07) is 6.08. The van der Waals surface area contributed by atoms with Crippen molar-refractivity contribution in [2.24, 2.45) is 0 Å². The molecule has 0 aliphatic heterocycles. The summed E-state index contributed by atoms with van der Waals surface area (Å²) in [5.74, 6) is 0. The van der Waals surface area contributed by atoms with Crippen LogP contribution in [0.25, 0.3) is 0 Å². The van der Waals surface area contributed by atoms with Crippen molar-refractivity contribution >= 4 is 33.0 Å². The molecule has 0 unspecified atom stereocenters. The quantitative estimate of drug-likeness (QED) is 0.776. The highest BCUT2D eigenvalue weighted by molar-refractivity contribution is 9.10. The first-order chi connectivity index (χ1) is 8.88. The van der Waals surface area contributed by atoms with Gasteiger partial charge in [-0.1, -0.05) is 15.9 Å². The number of aryl methyl sites for hydroxylation is 1. The van der Waals surface area contributed by atoms with E-state index in [0.29, 0.717) is 11.0 Å². The van der Waals surface area contributed by atoms with Crippen LogP contribution in [0.5, 0.6) is 0 Å². The van der Waals surface area contributed by atoms with Gasteiger partial charge >= 0.3 is 6.18 Å². The molecule has 0 atom stereocenters. The highest BCUT2D eigenvalue weighted by atomic mass is 79.9. The average molecular weight is 350 g/mol. The molecular formula is C13H11BrF3NS. The summed E-state index contributed by atoms with van der Waals surface area (Å²) in [6.45, 7) is 2.34. The molecule has 0 amide bonds. The summed E-state index contributed by atoms with van der Waals surface area (Å²) >= 11 is 4.60. The molecule has 0 aliphatic carbocycles. The molecule has 1 aromatic heterocycles. The van der Waals surface area contributed by atoms with Crippen LogP contribution in [0, 0.1) is 6.92 Å². The highest BCUT2D eigenvalue weighted by Crippen LogP contribution is 2.36. The second-order valence-corrected chi connectivity index (χ2v) is 5.98. The molecule has 19 heavy (non-hydrogen) atoms. The van der Waals surface area contributed by atoms with Crippen LogP contribution in [0.15, 0.2) is 34.1 Å². The third-order valence-electron chi connectivity index (χ3n) is 2.69. The van der Waals surface area contributed by atoms with Crippen LogP contribution < -0.4 is 5.32 Å². The Labute approximate surface area is 121 Å². The van der Waals surface area contributed by atoms with Crippen molar-refractivity contribution in [1.82, 2.24) is 0 Å². The molecule has 0 saturated heterocycles. The van der Waals surface area contributed by atoms with Crippen molar-refractivity contribution in [2.75, 3.05) is 5.32 Å². The van der Waals surface area contributed by atoms with E-state index in [1.807, 2.05) is 18.4 Å². The average Bonchev–Trinajstić information content (AvgIpc) is 2.72. The van der Waals surface area contributed by atoms with Gasteiger partial charge in [0, 0.05) is 21.6 Å². The number of hydrogen-bond acceptors (Lipinski definition) is 2. The smallest absolute Gasteiger partial charge is 0.380 e. The van der Waals surface area contributed by atoms with E-state index in [1.54, 1.807) is 6.07 Å². The molecule has 6 heteroatoms. The second-order valence-electron chi connectivity index (χ2n) is 4.07. The summed E-state index contributed by atoms with van der Waals surface area (Å²) in [5.41, 5.74) is 0.530. The van der Waals surface area contributed by atoms with Crippen LogP contribution in [-0.4, -0.2) is 0 Å². The van der Waals surface area contributed by atoms with Gasteiger partial charge in [-0.05, 0) is 42.1 Å². The van der Waals surface area contributed by atoms with Gasteiger partial charge in [0.2, 0.25) is 0 Å². The molecule has 0 fully saturated rings. The summed E-state index contributed by atoms with van der Waals surface area (Å²) in [5, 5.41) is 4.79. The third-order valence-corrected chi connectivity index (χ3v) is 4.21. The standard InChI is InChI=1S/C13H11BrF3NS/c1-8-4-5-19-12(8)7-18-11-3-2-9(14)6-10(11)13(15,16)17/h2-6,18H,7H2,1H3. The fourth-order valence-corrected chi connectivity index (χ4v) is 2.87. The molecule has 0 spiro atoms. The second kappa shape index (κ2) is 5.54. The van der Waals surface area contributed by atoms with Crippen LogP contribution >= 0.6 is 27.3 Å². The lowest BCUT2D eigenvalue weighted by molar-refractivity contribution is -0.137.